The van der Waals surface area contributed by atoms with Gasteiger partial charge in [0, 0.05) is 33.6 Å². The number of nitrogens with one attached hydrogen (secondary N) is 1. The fraction of sp³-hybridized carbons (Fsp3) is 0.400. The molecule has 0 aromatic heterocycles. The summed E-state index contributed by atoms with van der Waals surface area (Å²) in [6.07, 6.45) is -0.273. The Balaban J connectivity index is 2.01. The van der Waals surface area contributed by atoms with E-state index in [2.05, 4.69) is 27.9 Å². The molecule has 0 spiro atoms. The van der Waals surface area contributed by atoms with E-state index in [1.165, 1.54) is 21.1 Å². The van der Waals surface area contributed by atoms with Crippen LogP contribution in [0.4, 0.5) is 0 Å². The predicted molar refractivity (Wildman–Crippen MR) is 134 cm³/mol. The summed E-state index contributed by atoms with van der Waals surface area (Å²) in [5.74, 6) is -1.43. The summed E-state index contributed by atoms with van der Waals surface area (Å²) < 4.78 is 17.2. The van der Waals surface area contributed by atoms with Gasteiger partial charge in [-0.25, -0.2) is 0 Å². The quantitative estimate of drug-likeness (QED) is 0.199. The van der Waals surface area contributed by atoms with Gasteiger partial charge in [0.2, 0.25) is 0 Å². The Labute approximate surface area is 212 Å². The molecule has 9 heteroatoms. The number of carbonyl (C=O) groups excluding carboxylic acids is 3. The molecule has 2 aromatic carbocycles. The minimum atomic E-state index is -0.558. The SMILES string of the molecule is COc1cc(OC)c(C2CCNC2C(C)OC(C)=O)c(O)c1C(=O)CC(=O)c1cccc(I)c1. The highest BCUT2D eigenvalue weighted by molar-refractivity contribution is 14.1. The monoisotopic (exact) mass is 581 g/mol. The van der Waals surface area contributed by atoms with Crippen molar-refractivity contribution < 1.29 is 33.7 Å². The summed E-state index contributed by atoms with van der Waals surface area (Å²) in [5, 5.41) is 14.6. The number of phenolic OH excluding ortho intramolecular Hbond substituents is 1. The van der Waals surface area contributed by atoms with Gasteiger partial charge in [-0.05, 0) is 54.6 Å². The van der Waals surface area contributed by atoms with Gasteiger partial charge in [-0.1, -0.05) is 12.1 Å². The average molecular weight is 581 g/mol. The third-order valence-electron chi connectivity index (χ3n) is 5.95. The second-order valence-corrected chi connectivity index (χ2v) is 9.39. The molecule has 34 heavy (non-hydrogen) atoms. The molecule has 1 saturated heterocycles. The third-order valence-corrected chi connectivity index (χ3v) is 6.62. The standard InChI is InChI=1S/C25H28INO7/c1-13(34-14(2)28)24-17(8-9-27-24)22-20(32-3)12-21(33-4)23(25(22)31)19(30)11-18(29)15-6-5-7-16(26)10-15/h5-7,10,12-13,17,24,27,31H,8-9,11H2,1-4H3. The molecule has 0 bridgehead atoms. The summed E-state index contributed by atoms with van der Waals surface area (Å²) in [6.45, 7) is 3.74. The predicted octanol–water partition coefficient (Wildman–Crippen LogP) is 3.87. The van der Waals surface area contributed by atoms with Crippen LogP contribution in [0.3, 0.4) is 0 Å². The number of hydrogen-bond donors (Lipinski definition) is 2. The van der Waals surface area contributed by atoms with Gasteiger partial charge in [0.15, 0.2) is 11.6 Å². The first-order valence-electron chi connectivity index (χ1n) is 10.9. The zero-order valence-corrected chi connectivity index (χ0v) is 21.7. The van der Waals surface area contributed by atoms with Crippen LogP contribution in [0.5, 0.6) is 17.2 Å². The van der Waals surface area contributed by atoms with E-state index in [-0.39, 0.29) is 34.8 Å². The molecule has 182 valence electrons. The van der Waals surface area contributed by atoms with Crippen molar-refractivity contribution in [2.75, 3.05) is 20.8 Å². The largest absolute Gasteiger partial charge is 0.507 e. The van der Waals surface area contributed by atoms with Crippen molar-refractivity contribution in [3.05, 3.63) is 50.6 Å². The number of Topliss-reactive ketones (excluding diaryl/α,β-unsaturated/α-hetero) is 2. The number of phenols is 1. The maximum absolute atomic E-state index is 13.3. The van der Waals surface area contributed by atoms with Crippen molar-refractivity contribution in [3.63, 3.8) is 0 Å². The highest BCUT2D eigenvalue weighted by Gasteiger charge is 2.39. The maximum Gasteiger partial charge on any atom is 0.302 e. The van der Waals surface area contributed by atoms with Crippen molar-refractivity contribution in [1.29, 1.82) is 0 Å². The first-order chi connectivity index (χ1) is 16.2. The molecule has 8 nitrogen and oxygen atoms in total. The summed E-state index contributed by atoms with van der Waals surface area (Å²) in [7, 11) is 2.85. The van der Waals surface area contributed by atoms with Crippen LogP contribution < -0.4 is 14.8 Å². The highest BCUT2D eigenvalue weighted by atomic mass is 127. The lowest BCUT2D eigenvalue weighted by atomic mass is 9.85. The van der Waals surface area contributed by atoms with Gasteiger partial charge in [0.05, 0.1) is 26.7 Å². The molecule has 3 unspecified atom stereocenters. The van der Waals surface area contributed by atoms with E-state index in [9.17, 15) is 19.5 Å². The van der Waals surface area contributed by atoms with E-state index in [0.717, 1.165) is 3.57 Å². The van der Waals surface area contributed by atoms with Gasteiger partial charge in [-0.2, -0.15) is 0 Å². The number of ether oxygens (including phenoxy) is 3. The summed E-state index contributed by atoms with van der Waals surface area (Å²) in [4.78, 5) is 37.5. The van der Waals surface area contributed by atoms with Gasteiger partial charge in [0.1, 0.15) is 28.9 Å². The van der Waals surface area contributed by atoms with Gasteiger partial charge >= 0.3 is 5.97 Å². The smallest absolute Gasteiger partial charge is 0.302 e. The number of ketones is 2. The van der Waals surface area contributed by atoms with E-state index in [4.69, 9.17) is 14.2 Å². The van der Waals surface area contributed by atoms with E-state index in [0.29, 0.717) is 29.8 Å². The molecule has 1 heterocycles. The van der Waals surface area contributed by atoms with Crippen molar-refractivity contribution >= 4 is 40.1 Å². The Kier molecular flexibility index (Phi) is 8.53. The van der Waals surface area contributed by atoms with Gasteiger partial charge in [-0.3, -0.25) is 14.4 Å². The highest BCUT2D eigenvalue weighted by Crippen LogP contribution is 2.47. The number of methoxy groups -OCH3 is 2. The minimum Gasteiger partial charge on any atom is -0.507 e. The third kappa shape index (κ3) is 5.52. The summed E-state index contributed by atoms with van der Waals surface area (Å²) in [5.41, 5.74) is 0.771. The van der Waals surface area contributed by atoms with Crippen LogP contribution in [0.25, 0.3) is 0 Å². The summed E-state index contributed by atoms with van der Waals surface area (Å²) >= 11 is 2.10. The lowest BCUT2D eigenvalue weighted by Gasteiger charge is -2.28. The molecule has 2 aromatic rings. The Morgan fingerprint density at radius 3 is 2.47 bits per heavy atom. The zero-order valence-electron chi connectivity index (χ0n) is 19.5. The van der Waals surface area contributed by atoms with Crippen LogP contribution in [0.2, 0.25) is 0 Å². The second kappa shape index (κ2) is 11.2. The number of rotatable bonds is 9. The first-order valence-corrected chi connectivity index (χ1v) is 12.0. The fourth-order valence-corrected chi connectivity index (χ4v) is 5.02. The van der Waals surface area contributed by atoms with E-state index < -0.39 is 24.3 Å². The number of esters is 1. The molecule has 0 aliphatic carbocycles. The average Bonchev–Trinajstić information content (AvgIpc) is 3.27. The number of aromatic hydroxyl groups is 1. The topological polar surface area (TPSA) is 111 Å². The molecule has 1 aliphatic heterocycles. The van der Waals surface area contributed by atoms with Crippen LogP contribution in [-0.2, 0) is 9.53 Å². The van der Waals surface area contributed by atoms with E-state index >= 15 is 0 Å². The zero-order chi connectivity index (χ0) is 25.0. The first kappa shape index (κ1) is 26.0. The number of halogens is 1. The van der Waals surface area contributed by atoms with Crippen LogP contribution in [0.15, 0.2) is 30.3 Å². The molecule has 1 aliphatic rings. The molecule has 0 saturated carbocycles. The Morgan fingerprint density at radius 2 is 1.85 bits per heavy atom. The van der Waals surface area contributed by atoms with Crippen LogP contribution in [0, 0.1) is 3.57 Å². The van der Waals surface area contributed by atoms with E-state index in [1.807, 2.05) is 6.07 Å². The number of benzene rings is 2. The Morgan fingerprint density at radius 1 is 1.15 bits per heavy atom. The van der Waals surface area contributed by atoms with Crippen LogP contribution >= 0.6 is 22.6 Å². The van der Waals surface area contributed by atoms with Crippen molar-refractivity contribution in [1.82, 2.24) is 5.32 Å². The molecule has 3 rings (SSSR count). The van der Waals surface area contributed by atoms with Crippen LogP contribution in [-0.4, -0.2) is 55.6 Å². The van der Waals surface area contributed by atoms with Gasteiger partial charge in [0.25, 0.3) is 0 Å². The van der Waals surface area contributed by atoms with Crippen molar-refractivity contribution in [2.24, 2.45) is 0 Å². The van der Waals surface area contributed by atoms with Crippen molar-refractivity contribution in [2.45, 2.75) is 44.8 Å². The van der Waals surface area contributed by atoms with Crippen LogP contribution in [0.1, 0.15) is 58.9 Å². The maximum atomic E-state index is 13.3. The second-order valence-electron chi connectivity index (χ2n) is 8.14. The fourth-order valence-electron chi connectivity index (χ4n) is 4.47. The lowest BCUT2D eigenvalue weighted by molar-refractivity contribution is -0.146. The number of carbonyl (C=O) groups is 3. The Bertz CT molecular complexity index is 1100. The lowest BCUT2D eigenvalue weighted by Crippen LogP contribution is -2.39. The Hall–Kier alpha value is -2.66. The number of hydrogen-bond acceptors (Lipinski definition) is 8. The van der Waals surface area contributed by atoms with Crippen molar-refractivity contribution in [3.8, 4) is 17.2 Å². The molecular weight excluding hydrogens is 553 g/mol. The van der Waals surface area contributed by atoms with Gasteiger partial charge < -0.3 is 24.6 Å². The molecule has 3 atom stereocenters. The van der Waals surface area contributed by atoms with E-state index in [1.54, 1.807) is 31.2 Å². The summed E-state index contributed by atoms with van der Waals surface area (Å²) in [6, 6.07) is 8.21. The molecule has 0 radical (unpaired) electrons. The van der Waals surface area contributed by atoms with Gasteiger partial charge in [-0.15, -0.1) is 0 Å². The molecule has 2 N–H and O–H groups in total. The molecular formula is C25H28INO7. The normalized spacial score (nSPS) is 18.3. The molecule has 0 amide bonds. The molecule has 1 fully saturated rings. The minimum absolute atomic E-state index is 0.0666.